The molecule has 1 fully saturated rings. The van der Waals surface area contributed by atoms with E-state index in [1.54, 1.807) is 12.1 Å². The first-order chi connectivity index (χ1) is 13.1. The van der Waals surface area contributed by atoms with Gasteiger partial charge in [0.05, 0.1) is 10.5 Å². The highest BCUT2D eigenvalue weighted by Crippen LogP contribution is 2.30. The van der Waals surface area contributed by atoms with Crippen molar-refractivity contribution in [2.75, 3.05) is 0 Å². The van der Waals surface area contributed by atoms with Crippen molar-refractivity contribution in [3.05, 3.63) is 53.2 Å². The van der Waals surface area contributed by atoms with Crippen molar-refractivity contribution in [2.45, 2.75) is 48.9 Å². The number of aromatic nitrogens is 1. The van der Waals surface area contributed by atoms with Crippen LogP contribution in [0, 0.1) is 0 Å². The number of halogens is 4. The van der Waals surface area contributed by atoms with Crippen molar-refractivity contribution < 1.29 is 26.3 Å². The molecule has 0 aliphatic heterocycles. The molecule has 10 heteroatoms. The van der Waals surface area contributed by atoms with Crippen molar-refractivity contribution in [3.63, 3.8) is 0 Å². The third-order valence-corrected chi connectivity index (χ3v) is 6.21. The lowest BCUT2D eigenvalue weighted by atomic mass is 9.94. The molecule has 5 nitrogen and oxygen atoms in total. The fourth-order valence-electron chi connectivity index (χ4n) is 3.01. The van der Waals surface area contributed by atoms with Crippen molar-refractivity contribution >= 4 is 21.6 Å². The van der Waals surface area contributed by atoms with Gasteiger partial charge in [0.15, 0.2) is 0 Å². The van der Waals surface area contributed by atoms with Crippen molar-refractivity contribution in [2.24, 2.45) is 0 Å². The van der Waals surface area contributed by atoms with Crippen molar-refractivity contribution in [1.29, 1.82) is 0 Å². The molecule has 1 aliphatic rings. The fraction of sp³-hybridized carbons (Fsp3) is 0.389. The molecular weight excluding hydrogens is 417 g/mol. The van der Waals surface area contributed by atoms with E-state index >= 15 is 0 Å². The zero-order valence-corrected chi connectivity index (χ0v) is 16.2. The lowest BCUT2D eigenvalue weighted by molar-refractivity contribution is -0.137. The Morgan fingerprint density at radius 3 is 2.39 bits per heavy atom. The Labute approximate surface area is 165 Å². The maximum absolute atomic E-state index is 12.6. The number of ether oxygens (including phenoxy) is 1. The molecule has 1 saturated carbocycles. The third kappa shape index (κ3) is 5.36. The van der Waals surface area contributed by atoms with Gasteiger partial charge >= 0.3 is 6.18 Å². The van der Waals surface area contributed by atoms with Gasteiger partial charge in [-0.15, -0.1) is 0 Å². The summed E-state index contributed by atoms with van der Waals surface area (Å²) >= 11 is 5.85. The molecule has 0 radical (unpaired) electrons. The van der Waals surface area contributed by atoms with Crippen LogP contribution < -0.4 is 9.46 Å². The number of pyridine rings is 1. The monoisotopic (exact) mass is 434 g/mol. The summed E-state index contributed by atoms with van der Waals surface area (Å²) < 4.78 is 70.8. The number of sulfonamides is 1. The molecule has 1 heterocycles. The van der Waals surface area contributed by atoms with E-state index in [0.29, 0.717) is 30.7 Å². The molecule has 1 aromatic carbocycles. The highest BCUT2D eigenvalue weighted by Gasteiger charge is 2.31. The summed E-state index contributed by atoms with van der Waals surface area (Å²) in [6, 6.07) is 7.89. The van der Waals surface area contributed by atoms with E-state index in [1.165, 1.54) is 18.2 Å². The van der Waals surface area contributed by atoms with Crippen LogP contribution in [0.1, 0.15) is 31.2 Å². The summed E-state index contributed by atoms with van der Waals surface area (Å²) in [6.45, 7) is 0. The molecule has 1 aromatic heterocycles. The van der Waals surface area contributed by atoms with Gasteiger partial charge in [-0.05, 0) is 49.9 Å². The maximum atomic E-state index is 12.6. The van der Waals surface area contributed by atoms with Gasteiger partial charge in [-0.25, -0.2) is 18.1 Å². The topological polar surface area (TPSA) is 68.3 Å². The second-order valence-electron chi connectivity index (χ2n) is 6.55. The lowest BCUT2D eigenvalue weighted by Crippen LogP contribution is -2.39. The van der Waals surface area contributed by atoms with Gasteiger partial charge in [-0.3, -0.25) is 0 Å². The smallest absolute Gasteiger partial charge is 0.417 e. The van der Waals surface area contributed by atoms with Crippen molar-refractivity contribution in [3.8, 4) is 5.88 Å². The zero-order valence-electron chi connectivity index (χ0n) is 14.6. The van der Waals surface area contributed by atoms with Gasteiger partial charge in [-0.1, -0.05) is 17.7 Å². The molecule has 0 spiro atoms. The molecule has 0 saturated heterocycles. The van der Waals surface area contributed by atoms with Gasteiger partial charge < -0.3 is 4.74 Å². The number of alkyl halides is 3. The Morgan fingerprint density at radius 2 is 1.82 bits per heavy atom. The van der Waals surface area contributed by atoms with Gasteiger partial charge in [0.25, 0.3) is 0 Å². The van der Waals surface area contributed by atoms with Crippen LogP contribution >= 0.6 is 11.6 Å². The molecule has 28 heavy (non-hydrogen) atoms. The summed E-state index contributed by atoms with van der Waals surface area (Å²) in [5.41, 5.74) is -0.834. The Morgan fingerprint density at radius 1 is 1.11 bits per heavy atom. The van der Waals surface area contributed by atoms with Gasteiger partial charge in [-0.2, -0.15) is 13.2 Å². The van der Waals surface area contributed by atoms with Crippen LogP contribution in [-0.2, 0) is 16.2 Å². The lowest BCUT2D eigenvalue weighted by Gasteiger charge is -2.29. The number of nitrogens with zero attached hydrogens (tertiary/aromatic N) is 1. The molecule has 0 bridgehead atoms. The molecule has 1 N–H and O–H groups in total. The van der Waals surface area contributed by atoms with E-state index in [2.05, 4.69) is 9.71 Å². The average molecular weight is 435 g/mol. The Hall–Kier alpha value is -1.84. The predicted molar refractivity (Wildman–Crippen MR) is 97.7 cm³/mol. The minimum Gasteiger partial charge on any atom is -0.474 e. The molecule has 0 amide bonds. The number of hydrogen-bond acceptors (Lipinski definition) is 4. The Bertz CT molecular complexity index is 912. The Kier molecular flexibility index (Phi) is 6.16. The van der Waals surface area contributed by atoms with Gasteiger partial charge in [0.2, 0.25) is 15.9 Å². The zero-order chi connectivity index (χ0) is 20.4. The van der Waals surface area contributed by atoms with Crippen LogP contribution in [0.25, 0.3) is 0 Å². The SMILES string of the molecule is O=S(=O)(NC1CCC(Oc2ccc(C(F)(F)F)cn2)CC1)c1cccc(Cl)c1. The molecular formula is C18H18ClF3N2O3S. The minimum absolute atomic E-state index is 0.104. The number of hydrogen-bond donors (Lipinski definition) is 1. The van der Waals surface area contributed by atoms with E-state index in [-0.39, 0.29) is 22.9 Å². The first-order valence-electron chi connectivity index (χ1n) is 8.61. The number of rotatable bonds is 5. The highest BCUT2D eigenvalue weighted by molar-refractivity contribution is 7.89. The summed E-state index contributed by atoms with van der Waals surface area (Å²) in [7, 11) is -3.67. The van der Waals surface area contributed by atoms with Gasteiger partial charge in [0, 0.05) is 23.3 Å². The van der Waals surface area contributed by atoms with Crippen LogP contribution in [-0.4, -0.2) is 25.5 Å². The molecule has 0 unspecified atom stereocenters. The largest absolute Gasteiger partial charge is 0.474 e. The van der Waals surface area contributed by atoms with Crippen LogP contribution in [0.15, 0.2) is 47.5 Å². The Balaban J connectivity index is 1.53. The quantitative estimate of drug-likeness (QED) is 0.756. The van der Waals surface area contributed by atoms with E-state index in [1.807, 2.05) is 0 Å². The second-order valence-corrected chi connectivity index (χ2v) is 8.70. The summed E-state index contributed by atoms with van der Waals surface area (Å²) in [4.78, 5) is 3.80. The standard InChI is InChI=1S/C18H18ClF3N2O3S/c19-13-2-1-3-16(10-13)28(25,26)24-14-5-7-15(8-6-14)27-17-9-4-12(11-23-17)18(20,21)22/h1-4,9-11,14-15,24H,5-8H2. The minimum atomic E-state index is -4.44. The third-order valence-electron chi connectivity index (χ3n) is 4.45. The van der Waals surface area contributed by atoms with Crippen LogP contribution in [0.3, 0.4) is 0 Å². The van der Waals surface area contributed by atoms with E-state index in [4.69, 9.17) is 16.3 Å². The fourth-order valence-corrected chi connectivity index (χ4v) is 4.61. The summed E-state index contributed by atoms with van der Waals surface area (Å²) in [6.07, 6.45) is -1.71. The molecule has 1 aliphatic carbocycles. The van der Waals surface area contributed by atoms with E-state index < -0.39 is 21.8 Å². The maximum Gasteiger partial charge on any atom is 0.417 e. The van der Waals surface area contributed by atoms with Crippen LogP contribution in [0.4, 0.5) is 13.2 Å². The van der Waals surface area contributed by atoms with Gasteiger partial charge in [0.1, 0.15) is 6.10 Å². The average Bonchev–Trinajstić information content (AvgIpc) is 2.63. The number of benzene rings is 1. The van der Waals surface area contributed by atoms with E-state index in [9.17, 15) is 21.6 Å². The molecule has 0 atom stereocenters. The summed E-state index contributed by atoms with van der Waals surface area (Å²) in [5.74, 6) is 0.121. The normalized spacial score (nSPS) is 20.7. The van der Waals surface area contributed by atoms with Crippen LogP contribution in [0.5, 0.6) is 5.88 Å². The summed E-state index contributed by atoms with van der Waals surface area (Å²) in [5, 5.41) is 0.337. The van der Waals surface area contributed by atoms with E-state index in [0.717, 1.165) is 12.3 Å². The first-order valence-corrected chi connectivity index (χ1v) is 10.5. The number of nitrogens with one attached hydrogen (secondary N) is 1. The first kappa shape index (κ1) is 20.9. The predicted octanol–water partition coefficient (Wildman–Crippen LogP) is 4.42. The van der Waals surface area contributed by atoms with Crippen LogP contribution in [0.2, 0.25) is 5.02 Å². The molecule has 152 valence electrons. The second kappa shape index (κ2) is 8.26. The highest BCUT2D eigenvalue weighted by atomic mass is 35.5. The van der Waals surface area contributed by atoms with Crippen molar-refractivity contribution in [1.82, 2.24) is 9.71 Å². The molecule has 3 rings (SSSR count). The molecule has 2 aromatic rings.